The molecule has 2 atom stereocenters. The number of nitrogens with zero attached hydrogens (tertiary/aromatic N) is 1. The van der Waals surface area contributed by atoms with Gasteiger partial charge in [-0.15, -0.1) is 4.72 Å². The molecule has 0 radical (unpaired) electrons. The van der Waals surface area contributed by atoms with Gasteiger partial charge in [-0.25, -0.2) is 12.4 Å². The zero-order chi connectivity index (χ0) is 25.4. The predicted octanol–water partition coefficient (Wildman–Crippen LogP) is 5.34. The summed E-state index contributed by atoms with van der Waals surface area (Å²) in [5.41, 5.74) is 2.68. The third kappa shape index (κ3) is 4.97. The van der Waals surface area contributed by atoms with E-state index in [4.69, 9.17) is 4.74 Å². The molecule has 184 valence electrons. The third-order valence-electron chi connectivity index (χ3n) is 5.75. The maximum atomic E-state index is 14.0. The van der Waals surface area contributed by atoms with Crippen LogP contribution in [0, 0.1) is 6.92 Å². The van der Waals surface area contributed by atoms with Crippen LogP contribution >= 0.6 is 0 Å². The summed E-state index contributed by atoms with van der Waals surface area (Å²) in [5, 5.41) is 0.766. The molecule has 6 nitrogen and oxygen atoms in total. The Labute approximate surface area is 210 Å². The van der Waals surface area contributed by atoms with Gasteiger partial charge in [0.05, 0.1) is 23.2 Å². The van der Waals surface area contributed by atoms with Gasteiger partial charge in [0.1, 0.15) is 16.5 Å². The molecule has 1 aromatic heterocycles. The van der Waals surface area contributed by atoms with Gasteiger partial charge in [0.2, 0.25) is 0 Å². The number of benzene rings is 3. The van der Waals surface area contributed by atoms with Crippen molar-refractivity contribution in [2.75, 3.05) is 7.11 Å². The van der Waals surface area contributed by atoms with Crippen LogP contribution in [0.3, 0.4) is 0 Å². The normalized spacial score (nSPS) is 14.1. The maximum absolute atomic E-state index is 14.0. The summed E-state index contributed by atoms with van der Waals surface area (Å²) in [7, 11) is -2.40. The predicted molar refractivity (Wildman–Crippen MR) is 142 cm³/mol. The van der Waals surface area contributed by atoms with Crippen molar-refractivity contribution in [2.24, 2.45) is 0 Å². The average molecular weight is 511 g/mol. The molecular weight excluding hydrogens is 480 g/mol. The Kier molecular flexibility index (Phi) is 7.02. The molecule has 0 amide bonds. The molecule has 0 aliphatic heterocycles. The standard InChI is InChI=1S/C27H30N2O4S2/c1-19-15-16-25(33-5)22(17-19)26(28-34(30)27(2,3)4)24-18-20-11-9-10-14-23(20)29(24)35(31,32)21-12-7-6-8-13-21/h6-18,26,28H,1-5H3/t26?,34-/m0/s1. The number of para-hydroxylation sites is 1. The first-order chi connectivity index (χ1) is 16.5. The molecule has 0 saturated carbocycles. The van der Waals surface area contributed by atoms with E-state index in [-0.39, 0.29) is 4.90 Å². The highest BCUT2D eigenvalue weighted by atomic mass is 32.2. The van der Waals surface area contributed by atoms with Gasteiger partial charge < -0.3 is 9.29 Å². The lowest BCUT2D eigenvalue weighted by atomic mass is 10.0. The molecular formula is C27H30N2O4S2. The summed E-state index contributed by atoms with van der Waals surface area (Å²) in [6.07, 6.45) is 0. The zero-order valence-corrected chi connectivity index (χ0v) is 22.1. The Morgan fingerprint density at radius 2 is 1.63 bits per heavy atom. The van der Waals surface area contributed by atoms with E-state index < -0.39 is 32.2 Å². The summed E-state index contributed by atoms with van der Waals surface area (Å²) in [6.45, 7) is 7.57. The lowest BCUT2D eigenvalue weighted by Crippen LogP contribution is -2.42. The number of rotatable bonds is 7. The molecule has 1 unspecified atom stereocenters. The molecule has 3 aromatic carbocycles. The number of aromatic nitrogens is 1. The summed E-state index contributed by atoms with van der Waals surface area (Å²) < 4.78 is 51.0. The molecule has 1 heterocycles. The number of hydrogen-bond donors (Lipinski definition) is 1. The second-order valence-corrected chi connectivity index (χ2v) is 13.2. The Balaban J connectivity index is 2.04. The fourth-order valence-corrected chi connectivity index (χ4v) is 6.35. The van der Waals surface area contributed by atoms with Crippen molar-refractivity contribution >= 4 is 32.3 Å². The van der Waals surface area contributed by atoms with E-state index >= 15 is 0 Å². The monoisotopic (exact) mass is 510 g/mol. The second-order valence-electron chi connectivity index (χ2n) is 9.39. The van der Waals surface area contributed by atoms with Crippen molar-refractivity contribution in [2.45, 2.75) is 43.4 Å². The highest BCUT2D eigenvalue weighted by Crippen LogP contribution is 2.37. The first-order valence-electron chi connectivity index (χ1n) is 11.3. The molecule has 35 heavy (non-hydrogen) atoms. The Morgan fingerprint density at radius 3 is 2.29 bits per heavy atom. The first-order valence-corrected chi connectivity index (χ1v) is 13.9. The number of ether oxygens (including phenoxy) is 1. The van der Waals surface area contributed by atoms with Gasteiger partial charge in [-0.1, -0.05) is 54.1 Å². The van der Waals surface area contributed by atoms with E-state index in [9.17, 15) is 13.0 Å². The van der Waals surface area contributed by atoms with Crippen LogP contribution in [0.4, 0.5) is 0 Å². The summed E-state index contributed by atoms with van der Waals surface area (Å²) in [4.78, 5) is 0.175. The van der Waals surface area contributed by atoms with Crippen molar-refractivity contribution in [3.8, 4) is 5.75 Å². The van der Waals surface area contributed by atoms with Gasteiger partial charge >= 0.3 is 0 Å². The van der Waals surface area contributed by atoms with E-state index in [2.05, 4.69) is 4.72 Å². The zero-order valence-electron chi connectivity index (χ0n) is 20.5. The minimum Gasteiger partial charge on any atom is -0.598 e. The molecule has 0 fully saturated rings. The lowest BCUT2D eigenvalue weighted by molar-refractivity contribution is 0.405. The van der Waals surface area contributed by atoms with Crippen molar-refractivity contribution in [3.63, 3.8) is 0 Å². The number of fused-ring (bicyclic) bond motifs is 1. The van der Waals surface area contributed by atoms with E-state index in [0.29, 0.717) is 22.5 Å². The lowest BCUT2D eigenvalue weighted by Gasteiger charge is -2.29. The fourth-order valence-electron chi connectivity index (χ4n) is 3.96. The molecule has 0 spiro atoms. The van der Waals surface area contributed by atoms with Crippen molar-refractivity contribution in [1.82, 2.24) is 8.69 Å². The van der Waals surface area contributed by atoms with Gasteiger partial charge in [-0.3, -0.25) is 0 Å². The van der Waals surface area contributed by atoms with Gasteiger partial charge in [-0.05, 0) is 58.0 Å². The molecule has 0 aliphatic rings. The fraction of sp³-hybridized carbons (Fsp3) is 0.259. The maximum Gasteiger partial charge on any atom is 0.268 e. The van der Waals surface area contributed by atoms with Crippen LogP contribution in [-0.4, -0.2) is 28.8 Å². The number of nitrogens with one attached hydrogen (secondary N) is 1. The van der Waals surface area contributed by atoms with Gasteiger partial charge in [0.15, 0.2) is 0 Å². The van der Waals surface area contributed by atoms with Crippen LogP contribution in [0.25, 0.3) is 10.9 Å². The van der Waals surface area contributed by atoms with Gasteiger partial charge in [-0.2, -0.15) is 0 Å². The first kappa shape index (κ1) is 25.3. The quantitative estimate of drug-likeness (QED) is 0.340. The number of aryl methyl sites for hydroxylation is 1. The minimum atomic E-state index is -3.97. The van der Waals surface area contributed by atoms with Crippen LogP contribution in [0.15, 0.2) is 83.8 Å². The Bertz CT molecular complexity index is 1440. The summed E-state index contributed by atoms with van der Waals surface area (Å²) >= 11 is -1.50. The largest absolute Gasteiger partial charge is 0.598 e. The molecule has 0 saturated heterocycles. The molecule has 4 aromatic rings. The second kappa shape index (κ2) is 9.70. The highest BCUT2D eigenvalue weighted by molar-refractivity contribution is 7.91. The van der Waals surface area contributed by atoms with Gasteiger partial charge in [0, 0.05) is 22.3 Å². The highest BCUT2D eigenvalue weighted by Gasteiger charge is 2.36. The Hall–Kier alpha value is -2.78. The molecule has 0 bridgehead atoms. The van der Waals surface area contributed by atoms with E-state index in [1.165, 1.54) is 3.97 Å². The van der Waals surface area contributed by atoms with Gasteiger partial charge in [0.25, 0.3) is 10.0 Å². The van der Waals surface area contributed by atoms with Crippen LogP contribution in [0.1, 0.15) is 43.6 Å². The van der Waals surface area contributed by atoms with Crippen molar-refractivity contribution in [1.29, 1.82) is 0 Å². The van der Waals surface area contributed by atoms with Crippen LogP contribution in [0.5, 0.6) is 5.75 Å². The average Bonchev–Trinajstić information content (AvgIpc) is 3.22. The number of methoxy groups -OCH3 is 1. The smallest absolute Gasteiger partial charge is 0.268 e. The van der Waals surface area contributed by atoms with Crippen LogP contribution in [0.2, 0.25) is 0 Å². The third-order valence-corrected chi connectivity index (χ3v) is 9.07. The van der Waals surface area contributed by atoms with Crippen LogP contribution in [-0.2, 0) is 21.4 Å². The molecule has 4 rings (SSSR count). The summed E-state index contributed by atoms with van der Waals surface area (Å²) in [5.74, 6) is 0.577. The van der Waals surface area contributed by atoms with E-state index in [1.54, 1.807) is 43.5 Å². The van der Waals surface area contributed by atoms with Crippen molar-refractivity contribution in [3.05, 3.63) is 95.7 Å². The molecule has 0 aliphatic carbocycles. The SMILES string of the molecule is COc1ccc(C)cc1C(N[S@@+]([O-])C(C)(C)C)c1cc2ccccc2n1S(=O)(=O)c1ccccc1. The van der Waals surface area contributed by atoms with Crippen molar-refractivity contribution < 1.29 is 17.7 Å². The minimum absolute atomic E-state index is 0.175. The molecule has 1 N–H and O–H groups in total. The topological polar surface area (TPSA) is 83.4 Å². The summed E-state index contributed by atoms with van der Waals surface area (Å²) in [6, 6.07) is 22.5. The Morgan fingerprint density at radius 1 is 0.971 bits per heavy atom. The van der Waals surface area contributed by atoms with E-state index in [0.717, 1.165) is 10.9 Å². The van der Waals surface area contributed by atoms with Crippen LogP contribution < -0.4 is 9.46 Å². The molecule has 8 heteroatoms. The number of hydrogen-bond acceptors (Lipinski definition) is 5. The van der Waals surface area contributed by atoms with E-state index in [1.807, 2.05) is 70.2 Å².